The monoisotopic (exact) mass is 314 g/mol. The predicted molar refractivity (Wildman–Crippen MR) is 88.1 cm³/mol. The molecule has 0 radical (unpaired) electrons. The maximum Gasteiger partial charge on any atom is 0.340 e. The number of amides is 1. The number of carbonyl (C=O) groups is 2. The first-order valence-electron chi connectivity index (χ1n) is 8.18. The van der Waals surface area contributed by atoms with Gasteiger partial charge in [-0.3, -0.25) is 4.79 Å². The number of fused-ring (bicyclic) bond motifs is 1. The summed E-state index contributed by atoms with van der Waals surface area (Å²) in [6.07, 6.45) is 6.13. The van der Waals surface area contributed by atoms with Crippen molar-refractivity contribution in [1.29, 1.82) is 0 Å². The van der Waals surface area contributed by atoms with Crippen LogP contribution in [0, 0.1) is 5.92 Å². The van der Waals surface area contributed by atoms with E-state index in [2.05, 4.69) is 17.2 Å². The zero-order chi connectivity index (χ0) is 16.2. The van der Waals surface area contributed by atoms with E-state index < -0.39 is 5.97 Å². The van der Waals surface area contributed by atoms with Gasteiger partial charge in [0.25, 0.3) is 5.91 Å². The van der Waals surface area contributed by atoms with Gasteiger partial charge in [0.15, 0.2) is 6.61 Å². The molecule has 5 heteroatoms. The summed E-state index contributed by atoms with van der Waals surface area (Å²) < 4.78 is 5.16. The summed E-state index contributed by atoms with van der Waals surface area (Å²) in [6.45, 7) is 1.92. The minimum Gasteiger partial charge on any atom is -0.452 e. The van der Waals surface area contributed by atoms with E-state index in [4.69, 9.17) is 4.74 Å². The Morgan fingerprint density at radius 1 is 1.26 bits per heavy atom. The largest absolute Gasteiger partial charge is 0.452 e. The van der Waals surface area contributed by atoms with Crippen LogP contribution >= 0.6 is 0 Å². The van der Waals surface area contributed by atoms with Crippen LogP contribution in [0.5, 0.6) is 0 Å². The molecule has 1 aliphatic carbocycles. The van der Waals surface area contributed by atoms with Crippen molar-refractivity contribution in [3.8, 4) is 0 Å². The van der Waals surface area contributed by atoms with Gasteiger partial charge in [-0.25, -0.2) is 4.79 Å². The van der Waals surface area contributed by atoms with Crippen LogP contribution in [0.1, 0.15) is 43.0 Å². The van der Waals surface area contributed by atoms with Crippen molar-refractivity contribution in [2.24, 2.45) is 5.92 Å². The zero-order valence-corrected chi connectivity index (χ0v) is 13.3. The van der Waals surface area contributed by atoms with Gasteiger partial charge < -0.3 is 15.0 Å². The number of carbonyl (C=O) groups excluding carboxylic acids is 2. The zero-order valence-electron chi connectivity index (χ0n) is 13.3. The second kappa shape index (κ2) is 6.86. The molecular formula is C18H22N2O3. The first-order chi connectivity index (χ1) is 11.1. The number of benzene rings is 1. The van der Waals surface area contributed by atoms with Crippen molar-refractivity contribution in [3.63, 3.8) is 0 Å². The number of hydrogen-bond acceptors (Lipinski definition) is 3. The standard InChI is InChI=1S/C18H22N2O3/c1-12-6-2-4-8-15(12)20-17(21)11-23-18(22)14-10-19-16-9-5-3-7-13(14)16/h3,5,7,9-10,12,15,19H,2,4,6,8,11H2,1H3,(H,20,21)/t12-,15+/m1/s1. The van der Waals surface area contributed by atoms with Crippen LogP contribution in [0.25, 0.3) is 10.9 Å². The van der Waals surface area contributed by atoms with Gasteiger partial charge >= 0.3 is 5.97 Å². The quantitative estimate of drug-likeness (QED) is 0.852. The Kier molecular flexibility index (Phi) is 4.65. The molecule has 2 N–H and O–H groups in total. The van der Waals surface area contributed by atoms with Crippen LogP contribution in [0.3, 0.4) is 0 Å². The van der Waals surface area contributed by atoms with Gasteiger partial charge in [0.2, 0.25) is 0 Å². The van der Waals surface area contributed by atoms with Crippen molar-refractivity contribution in [2.45, 2.75) is 38.6 Å². The van der Waals surface area contributed by atoms with Crippen molar-refractivity contribution in [3.05, 3.63) is 36.0 Å². The smallest absolute Gasteiger partial charge is 0.340 e. The molecule has 2 aromatic rings. The number of H-pyrrole nitrogens is 1. The fourth-order valence-corrected chi connectivity index (χ4v) is 3.23. The van der Waals surface area contributed by atoms with E-state index in [1.54, 1.807) is 6.20 Å². The van der Waals surface area contributed by atoms with Crippen LogP contribution in [-0.2, 0) is 9.53 Å². The molecule has 122 valence electrons. The van der Waals surface area contributed by atoms with Gasteiger partial charge in [-0.2, -0.15) is 0 Å². The number of esters is 1. The van der Waals surface area contributed by atoms with Gasteiger partial charge in [-0.1, -0.05) is 38.0 Å². The van der Waals surface area contributed by atoms with Crippen LogP contribution in [-0.4, -0.2) is 29.5 Å². The molecule has 1 heterocycles. The Balaban J connectivity index is 1.55. The van der Waals surface area contributed by atoms with Crippen LogP contribution in [0.2, 0.25) is 0 Å². The summed E-state index contributed by atoms with van der Waals surface area (Å²) >= 11 is 0. The maximum absolute atomic E-state index is 12.2. The summed E-state index contributed by atoms with van der Waals surface area (Å²) in [6, 6.07) is 7.70. The molecule has 0 bridgehead atoms. The minimum absolute atomic E-state index is 0.197. The normalized spacial score (nSPS) is 21.1. The fraction of sp³-hybridized carbons (Fsp3) is 0.444. The molecule has 0 aliphatic heterocycles. The number of hydrogen-bond donors (Lipinski definition) is 2. The molecule has 1 fully saturated rings. The average Bonchev–Trinajstić information content (AvgIpc) is 2.99. The number of nitrogens with one attached hydrogen (secondary N) is 2. The molecule has 1 saturated carbocycles. The number of aromatic nitrogens is 1. The molecule has 1 aliphatic rings. The highest BCUT2D eigenvalue weighted by molar-refractivity contribution is 6.04. The summed E-state index contributed by atoms with van der Waals surface area (Å²) in [5.41, 5.74) is 1.33. The number of rotatable bonds is 4. The first kappa shape index (κ1) is 15.6. The van der Waals surface area contributed by atoms with E-state index in [0.717, 1.165) is 30.2 Å². The third-order valence-corrected chi connectivity index (χ3v) is 4.60. The molecule has 0 saturated heterocycles. The summed E-state index contributed by atoms with van der Waals surface area (Å²) in [7, 11) is 0. The number of ether oxygens (including phenoxy) is 1. The molecule has 1 amide bonds. The Morgan fingerprint density at radius 3 is 2.87 bits per heavy atom. The van der Waals surface area contributed by atoms with Crippen molar-refractivity contribution in [1.82, 2.24) is 10.3 Å². The second-order valence-corrected chi connectivity index (χ2v) is 6.26. The lowest BCUT2D eigenvalue weighted by Crippen LogP contribution is -2.42. The van der Waals surface area contributed by atoms with E-state index in [1.165, 1.54) is 6.42 Å². The summed E-state index contributed by atoms with van der Waals surface area (Å²) in [4.78, 5) is 27.2. The van der Waals surface area contributed by atoms with Gasteiger partial charge in [-0.05, 0) is 24.8 Å². The molecule has 0 unspecified atom stereocenters. The molecular weight excluding hydrogens is 292 g/mol. The van der Waals surface area contributed by atoms with Crippen LogP contribution < -0.4 is 5.32 Å². The maximum atomic E-state index is 12.2. The predicted octanol–water partition coefficient (Wildman–Crippen LogP) is 3.02. The van der Waals surface area contributed by atoms with Crippen molar-refractivity contribution in [2.75, 3.05) is 6.61 Å². The lowest BCUT2D eigenvalue weighted by molar-refractivity contribution is -0.125. The Labute approximate surface area is 135 Å². The van der Waals surface area contributed by atoms with E-state index in [0.29, 0.717) is 11.5 Å². The molecule has 3 rings (SSSR count). The third-order valence-electron chi connectivity index (χ3n) is 4.60. The summed E-state index contributed by atoms with van der Waals surface area (Å²) in [5, 5.41) is 3.79. The fourth-order valence-electron chi connectivity index (χ4n) is 3.23. The second-order valence-electron chi connectivity index (χ2n) is 6.26. The molecule has 0 spiro atoms. The lowest BCUT2D eigenvalue weighted by atomic mass is 9.86. The Morgan fingerprint density at radius 2 is 2.04 bits per heavy atom. The molecule has 5 nitrogen and oxygen atoms in total. The van der Waals surface area contributed by atoms with Gasteiger partial charge in [-0.15, -0.1) is 0 Å². The Bertz CT molecular complexity index is 707. The molecule has 1 aromatic heterocycles. The lowest BCUT2D eigenvalue weighted by Gasteiger charge is -2.29. The third kappa shape index (κ3) is 3.55. The van der Waals surface area contributed by atoms with E-state index in [-0.39, 0.29) is 18.6 Å². The SMILES string of the molecule is C[C@@H]1CCCC[C@@H]1NC(=O)COC(=O)c1c[nH]c2ccccc12. The minimum atomic E-state index is -0.478. The number of para-hydroxylation sites is 1. The highest BCUT2D eigenvalue weighted by Gasteiger charge is 2.23. The van der Waals surface area contributed by atoms with Gasteiger partial charge in [0.1, 0.15) is 0 Å². The highest BCUT2D eigenvalue weighted by Crippen LogP contribution is 2.23. The van der Waals surface area contributed by atoms with Crippen LogP contribution in [0.4, 0.5) is 0 Å². The summed E-state index contributed by atoms with van der Waals surface area (Å²) in [5.74, 6) is -0.219. The van der Waals surface area contributed by atoms with E-state index in [1.807, 2.05) is 24.3 Å². The first-order valence-corrected chi connectivity index (χ1v) is 8.18. The van der Waals surface area contributed by atoms with Crippen LogP contribution in [0.15, 0.2) is 30.5 Å². The average molecular weight is 314 g/mol. The Hall–Kier alpha value is -2.30. The van der Waals surface area contributed by atoms with Gasteiger partial charge in [0.05, 0.1) is 5.56 Å². The number of aromatic amines is 1. The topological polar surface area (TPSA) is 71.2 Å². The molecule has 1 aromatic carbocycles. The van der Waals surface area contributed by atoms with Crippen molar-refractivity contribution < 1.29 is 14.3 Å². The van der Waals surface area contributed by atoms with Crippen molar-refractivity contribution >= 4 is 22.8 Å². The molecule has 23 heavy (non-hydrogen) atoms. The molecule has 2 atom stereocenters. The van der Waals surface area contributed by atoms with Gasteiger partial charge in [0, 0.05) is 23.1 Å². The van der Waals surface area contributed by atoms with E-state index >= 15 is 0 Å². The van der Waals surface area contributed by atoms with E-state index in [9.17, 15) is 9.59 Å². The highest BCUT2D eigenvalue weighted by atomic mass is 16.5.